The zero-order valence-electron chi connectivity index (χ0n) is 15.8. The third-order valence-electron chi connectivity index (χ3n) is 5.70. The number of hydrogen-bond acceptors (Lipinski definition) is 1. The fourth-order valence-corrected chi connectivity index (χ4v) is 3.88. The van der Waals surface area contributed by atoms with Crippen LogP contribution < -0.4 is 0 Å². The van der Waals surface area contributed by atoms with Gasteiger partial charge in [-0.25, -0.2) is 0 Å². The molecule has 0 fully saturated rings. The predicted octanol–water partition coefficient (Wildman–Crippen LogP) is 6.82. The van der Waals surface area contributed by atoms with Crippen molar-refractivity contribution < 1.29 is 9.90 Å². The van der Waals surface area contributed by atoms with E-state index in [0.717, 1.165) is 77.0 Å². The standard InChI is InChI=1S/C20H40O2/c1-6-10-14-19(5,18(21)22)20(15-11-7-2,16-12-8-3)17-13-9-4/h6-17H2,1-5H3,(H,21,22). The number of carboxylic acid groups (broad SMARTS) is 1. The lowest BCUT2D eigenvalue weighted by Crippen LogP contribution is -2.46. The molecule has 0 aromatic carbocycles. The highest BCUT2D eigenvalue weighted by Crippen LogP contribution is 2.53. The van der Waals surface area contributed by atoms with E-state index in [1.165, 1.54) is 0 Å². The van der Waals surface area contributed by atoms with Crippen LogP contribution in [-0.4, -0.2) is 11.1 Å². The molecule has 0 saturated carbocycles. The van der Waals surface area contributed by atoms with Gasteiger partial charge >= 0.3 is 5.97 Å². The third kappa shape index (κ3) is 5.59. The van der Waals surface area contributed by atoms with Gasteiger partial charge in [0.2, 0.25) is 0 Å². The first-order chi connectivity index (χ1) is 10.4. The van der Waals surface area contributed by atoms with Crippen molar-refractivity contribution in [1.29, 1.82) is 0 Å². The van der Waals surface area contributed by atoms with E-state index in [0.29, 0.717) is 0 Å². The number of hydrogen-bond donors (Lipinski definition) is 1. The van der Waals surface area contributed by atoms with Crippen molar-refractivity contribution in [3.05, 3.63) is 0 Å². The number of carboxylic acids is 1. The lowest BCUT2D eigenvalue weighted by molar-refractivity contribution is -0.160. The molecule has 0 spiro atoms. The molecule has 0 radical (unpaired) electrons. The van der Waals surface area contributed by atoms with Crippen LogP contribution >= 0.6 is 0 Å². The molecule has 0 aliphatic heterocycles. The largest absolute Gasteiger partial charge is 0.481 e. The maximum atomic E-state index is 12.3. The summed E-state index contributed by atoms with van der Waals surface area (Å²) < 4.78 is 0. The Balaban J connectivity index is 5.60. The minimum absolute atomic E-state index is 0.0178. The molecular weight excluding hydrogens is 272 g/mol. The zero-order chi connectivity index (χ0) is 17.1. The quantitative estimate of drug-likeness (QED) is 0.382. The molecule has 1 unspecified atom stereocenters. The zero-order valence-corrected chi connectivity index (χ0v) is 15.8. The van der Waals surface area contributed by atoms with Crippen LogP contribution in [0.5, 0.6) is 0 Å². The van der Waals surface area contributed by atoms with Crippen LogP contribution in [0.4, 0.5) is 0 Å². The van der Waals surface area contributed by atoms with Gasteiger partial charge in [-0.05, 0) is 38.0 Å². The fourth-order valence-electron chi connectivity index (χ4n) is 3.88. The molecule has 2 nitrogen and oxygen atoms in total. The molecule has 0 aliphatic carbocycles. The molecule has 2 heteroatoms. The summed E-state index contributed by atoms with van der Waals surface area (Å²) in [5.74, 6) is -0.566. The first kappa shape index (κ1) is 21.5. The average Bonchev–Trinajstić information content (AvgIpc) is 2.51. The number of aliphatic carboxylic acids is 1. The number of unbranched alkanes of at least 4 members (excludes halogenated alkanes) is 4. The summed E-state index contributed by atoms with van der Waals surface area (Å²) in [4.78, 5) is 12.3. The Morgan fingerprint density at radius 3 is 1.32 bits per heavy atom. The van der Waals surface area contributed by atoms with Gasteiger partial charge in [0.1, 0.15) is 0 Å². The summed E-state index contributed by atoms with van der Waals surface area (Å²) >= 11 is 0. The molecule has 1 atom stereocenters. The molecular formula is C20H40O2. The van der Waals surface area contributed by atoms with Crippen LogP contribution in [0.3, 0.4) is 0 Å². The molecule has 0 aromatic rings. The second-order valence-electron chi connectivity index (χ2n) is 7.33. The summed E-state index contributed by atoms with van der Waals surface area (Å²) in [5, 5.41) is 10.1. The Labute approximate surface area is 139 Å². The van der Waals surface area contributed by atoms with E-state index in [1.54, 1.807) is 0 Å². The number of carbonyl (C=O) groups is 1. The third-order valence-corrected chi connectivity index (χ3v) is 5.70. The molecule has 0 saturated heterocycles. The van der Waals surface area contributed by atoms with Crippen molar-refractivity contribution >= 4 is 5.97 Å². The Morgan fingerprint density at radius 2 is 1.05 bits per heavy atom. The van der Waals surface area contributed by atoms with Gasteiger partial charge in [-0.1, -0.05) is 79.1 Å². The van der Waals surface area contributed by atoms with Crippen LogP contribution in [0.2, 0.25) is 0 Å². The van der Waals surface area contributed by atoms with E-state index in [-0.39, 0.29) is 5.41 Å². The summed E-state index contributed by atoms with van der Waals surface area (Å²) in [5.41, 5.74) is -0.585. The summed E-state index contributed by atoms with van der Waals surface area (Å²) in [6, 6.07) is 0. The molecule has 132 valence electrons. The lowest BCUT2D eigenvalue weighted by Gasteiger charge is -2.47. The van der Waals surface area contributed by atoms with Gasteiger partial charge in [0.15, 0.2) is 0 Å². The summed E-state index contributed by atoms with van der Waals surface area (Å²) in [6.07, 6.45) is 13.1. The lowest BCUT2D eigenvalue weighted by atomic mass is 9.55. The van der Waals surface area contributed by atoms with Crippen molar-refractivity contribution in [3.63, 3.8) is 0 Å². The predicted molar refractivity (Wildman–Crippen MR) is 96.3 cm³/mol. The van der Waals surface area contributed by atoms with Crippen LogP contribution in [0.25, 0.3) is 0 Å². The van der Waals surface area contributed by atoms with Gasteiger partial charge in [-0.3, -0.25) is 4.79 Å². The molecule has 22 heavy (non-hydrogen) atoms. The van der Waals surface area contributed by atoms with E-state index in [4.69, 9.17) is 0 Å². The van der Waals surface area contributed by atoms with E-state index in [2.05, 4.69) is 27.7 Å². The van der Waals surface area contributed by atoms with Gasteiger partial charge < -0.3 is 5.11 Å². The minimum Gasteiger partial charge on any atom is -0.481 e. The maximum absolute atomic E-state index is 12.3. The van der Waals surface area contributed by atoms with Crippen molar-refractivity contribution in [2.45, 2.75) is 112 Å². The van der Waals surface area contributed by atoms with Gasteiger partial charge in [0.25, 0.3) is 0 Å². The fraction of sp³-hybridized carbons (Fsp3) is 0.950. The van der Waals surface area contributed by atoms with Gasteiger partial charge in [0.05, 0.1) is 5.41 Å². The Kier molecular flexibility index (Phi) is 10.8. The highest BCUT2D eigenvalue weighted by molar-refractivity contribution is 5.75. The molecule has 0 aromatic heterocycles. The molecule has 0 amide bonds. The van der Waals surface area contributed by atoms with Crippen molar-refractivity contribution in [2.75, 3.05) is 0 Å². The SMILES string of the molecule is CCCCC(CCCC)(CCCC)C(C)(CCCC)C(=O)O. The normalized spacial score (nSPS) is 14.8. The van der Waals surface area contributed by atoms with Gasteiger partial charge in [-0.15, -0.1) is 0 Å². The Morgan fingerprint density at radius 1 is 0.727 bits per heavy atom. The van der Waals surface area contributed by atoms with Crippen LogP contribution in [0.15, 0.2) is 0 Å². The topological polar surface area (TPSA) is 37.3 Å². The highest BCUT2D eigenvalue weighted by Gasteiger charge is 2.51. The maximum Gasteiger partial charge on any atom is 0.309 e. The Hall–Kier alpha value is -0.530. The van der Waals surface area contributed by atoms with Gasteiger partial charge in [-0.2, -0.15) is 0 Å². The van der Waals surface area contributed by atoms with Crippen LogP contribution in [0, 0.1) is 10.8 Å². The molecule has 0 bridgehead atoms. The minimum atomic E-state index is -0.567. The van der Waals surface area contributed by atoms with Crippen molar-refractivity contribution in [1.82, 2.24) is 0 Å². The highest BCUT2D eigenvalue weighted by atomic mass is 16.4. The first-order valence-electron chi connectivity index (χ1n) is 9.67. The summed E-state index contributed by atoms with van der Waals surface area (Å²) in [6.45, 7) is 10.9. The smallest absolute Gasteiger partial charge is 0.309 e. The monoisotopic (exact) mass is 312 g/mol. The second-order valence-corrected chi connectivity index (χ2v) is 7.33. The molecule has 1 N–H and O–H groups in total. The number of rotatable bonds is 14. The van der Waals surface area contributed by atoms with Crippen LogP contribution in [0.1, 0.15) is 112 Å². The van der Waals surface area contributed by atoms with E-state index >= 15 is 0 Å². The van der Waals surface area contributed by atoms with E-state index in [9.17, 15) is 9.90 Å². The van der Waals surface area contributed by atoms with Gasteiger partial charge in [0, 0.05) is 0 Å². The second kappa shape index (κ2) is 11.1. The van der Waals surface area contributed by atoms with E-state index < -0.39 is 11.4 Å². The molecule has 0 rings (SSSR count). The van der Waals surface area contributed by atoms with Crippen molar-refractivity contribution in [3.8, 4) is 0 Å². The van der Waals surface area contributed by atoms with Crippen LogP contribution in [-0.2, 0) is 4.79 Å². The van der Waals surface area contributed by atoms with Crippen molar-refractivity contribution in [2.24, 2.45) is 10.8 Å². The Bertz CT molecular complexity index is 276. The summed E-state index contributed by atoms with van der Waals surface area (Å²) in [7, 11) is 0. The molecule has 0 aliphatic rings. The average molecular weight is 313 g/mol. The first-order valence-corrected chi connectivity index (χ1v) is 9.67. The van der Waals surface area contributed by atoms with E-state index in [1.807, 2.05) is 6.92 Å². The molecule has 0 heterocycles.